The van der Waals surface area contributed by atoms with Crippen LogP contribution < -0.4 is 0 Å². The summed E-state index contributed by atoms with van der Waals surface area (Å²) in [6.45, 7) is 8.41. The maximum absolute atomic E-state index is 12.7. The molecule has 0 radical (unpaired) electrons. The summed E-state index contributed by atoms with van der Waals surface area (Å²) in [5, 5.41) is 6.65. The normalized spacial score (nSPS) is 31.8. The van der Waals surface area contributed by atoms with E-state index in [1.807, 2.05) is 24.3 Å². The van der Waals surface area contributed by atoms with Crippen LogP contribution in [0.25, 0.3) is 0 Å². The van der Waals surface area contributed by atoms with E-state index in [2.05, 4.69) is 32.6 Å². The lowest BCUT2D eigenvalue weighted by Gasteiger charge is -2.39. The number of hydrazone groups is 1. The second kappa shape index (κ2) is 6.26. The van der Waals surface area contributed by atoms with Crippen LogP contribution in [0.5, 0.6) is 0 Å². The number of allylic oxidation sites excluding steroid dienone is 1. The molecule has 1 spiro atoms. The minimum absolute atomic E-state index is 0.00937. The Bertz CT molecular complexity index is 740. The van der Waals surface area contributed by atoms with E-state index in [1.54, 1.807) is 5.01 Å². The van der Waals surface area contributed by atoms with E-state index >= 15 is 0 Å². The molecule has 4 rings (SSSR count). The topological polar surface area (TPSA) is 41.9 Å². The highest BCUT2D eigenvalue weighted by Crippen LogP contribution is 2.65. The Morgan fingerprint density at radius 3 is 2.85 bits per heavy atom. The lowest BCUT2D eigenvalue weighted by molar-refractivity contribution is 0.0568. The van der Waals surface area contributed by atoms with Gasteiger partial charge in [-0.05, 0) is 49.0 Å². The van der Waals surface area contributed by atoms with Crippen molar-refractivity contribution in [2.45, 2.75) is 64.0 Å². The maximum Gasteiger partial charge on any atom is 0.431 e. The monoisotopic (exact) mass is 352 g/mol. The average molecular weight is 352 g/mol. The summed E-state index contributed by atoms with van der Waals surface area (Å²) in [5.74, 6) is 0.615. The molecule has 3 aliphatic rings. The maximum atomic E-state index is 12.7. The van der Waals surface area contributed by atoms with E-state index in [-0.39, 0.29) is 23.2 Å². The van der Waals surface area contributed by atoms with Gasteiger partial charge in [-0.25, -0.2) is 4.79 Å². The third kappa shape index (κ3) is 2.42. The van der Waals surface area contributed by atoms with E-state index in [1.165, 1.54) is 5.56 Å². The van der Waals surface area contributed by atoms with Gasteiger partial charge in [0.05, 0.1) is 0 Å². The van der Waals surface area contributed by atoms with Gasteiger partial charge in [0.2, 0.25) is 0 Å². The van der Waals surface area contributed by atoms with Crippen LogP contribution in [0.3, 0.4) is 0 Å². The standard InChI is InChI=1S/C22H28N2O2/c1-4-5-11-18(14-16-9-7-6-8-10-16)23-24-20(25)26-19-15-17-12-13-22(19,24)21(17,2)3/h4,6-10,17,19H,1,5,11-15H2,2-3H3/b23-18+. The van der Waals surface area contributed by atoms with E-state index in [0.29, 0.717) is 5.92 Å². The molecule has 2 saturated carbocycles. The largest absolute Gasteiger partial charge is 0.442 e. The zero-order valence-corrected chi connectivity index (χ0v) is 15.8. The molecule has 2 aliphatic carbocycles. The molecule has 4 heteroatoms. The first-order valence-electron chi connectivity index (χ1n) is 9.71. The Balaban J connectivity index is 1.68. The van der Waals surface area contributed by atoms with Crippen molar-refractivity contribution in [3.63, 3.8) is 0 Å². The summed E-state index contributed by atoms with van der Waals surface area (Å²) < 4.78 is 5.77. The summed E-state index contributed by atoms with van der Waals surface area (Å²) in [5.41, 5.74) is 2.01. The van der Waals surface area contributed by atoms with Crippen LogP contribution in [0.1, 0.15) is 51.5 Å². The number of hydrogen-bond donors (Lipinski definition) is 0. The quantitative estimate of drug-likeness (QED) is 0.537. The van der Waals surface area contributed by atoms with Gasteiger partial charge in [0.25, 0.3) is 0 Å². The molecule has 1 saturated heterocycles. The van der Waals surface area contributed by atoms with Gasteiger partial charge in [0, 0.05) is 12.1 Å². The van der Waals surface area contributed by atoms with Crippen LogP contribution in [-0.2, 0) is 11.2 Å². The van der Waals surface area contributed by atoms with E-state index in [9.17, 15) is 4.79 Å². The van der Waals surface area contributed by atoms with E-state index < -0.39 is 0 Å². The Morgan fingerprint density at radius 1 is 1.38 bits per heavy atom. The summed E-state index contributed by atoms with van der Waals surface area (Å²) >= 11 is 0. The fourth-order valence-corrected chi connectivity index (χ4v) is 5.41. The molecular weight excluding hydrogens is 324 g/mol. The predicted molar refractivity (Wildman–Crippen MR) is 103 cm³/mol. The molecule has 1 aromatic rings. The molecule has 2 bridgehead atoms. The number of hydrogen-bond acceptors (Lipinski definition) is 3. The van der Waals surface area contributed by atoms with Crippen molar-refractivity contribution in [3.05, 3.63) is 48.6 Å². The van der Waals surface area contributed by atoms with Gasteiger partial charge in [-0.2, -0.15) is 10.1 Å². The first kappa shape index (κ1) is 17.3. The Labute approximate surface area is 155 Å². The number of carbonyl (C=O) groups excluding carboxylic acids is 1. The van der Waals surface area contributed by atoms with Gasteiger partial charge in [0.1, 0.15) is 11.6 Å². The summed E-state index contributed by atoms with van der Waals surface area (Å²) in [6.07, 6.45) is 7.18. The molecular formula is C22H28N2O2. The minimum atomic E-state index is -0.273. The molecule has 1 aromatic carbocycles. The highest BCUT2D eigenvalue weighted by Gasteiger charge is 2.73. The number of fused-ring (bicyclic) bond motifs is 1. The van der Waals surface area contributed by atoms with Crippen molar-refractivity contribution < 1.29 is 9.53 Å². The van der Waals surface area contributed by atoms with Crippen molar-refractivity contribution >= 4 is 11.8 Å². The number of ether oxygens (including phenoxy) is 1. The van der Waals surface area contributed by atoms with Crippen LogP contribution >= 0.6 is 0 Å². The molecule has 1 amide bonds. The summed E-state index contributed by atoms with van der Waals surface area (Å²) in [6, 6.07) is 10.3. The molecule has 0 aromatic heterocycles. The number of nitrogens with zero attached hydrogens (tertiary/aromatic N) is 2. The molecule has 3 atom stereocenters. The van der Waals surface area contributed by atoms with Crippen LogP contribution in [0.2, 0.25) is 0 Å². The Hall–Kier alpha value is -2.10. The molecule has 4 nitrogen and oxygen atoms in total. The number of amides is 1. The number of carbonyl (C=O) groups is 1. The smallest absolute Gasteiger partial charge is 0.431 e. The molecule has 26 heavy (non-hydrogen) atoms. The average Bonchev–Trinajstić information content (AvgIpc) is 3.14. The van der Waals surface area contributed by atoms with Crippen LogP contribution in [0.15, 0.2) is 48.1 Å². The van der Waals surface area contributed by atoms with Crippen LogP contribution in [-0.4, -0.2) is 28.5 Å². The van der Waals surface area contributed by atoms with Crippen LogP contribution in [0.4, 0.5) is 4.79 Å². The van der Waals surface area contributed by atoms with Gasteiger partial charge >= 0.3 is 6.09 Å². The lowest BCUT2D eigenvalue weighted by atomic mass is 9.75. The second-order valence-corrected chi connectivity index (χ2v) is 8.46. The van der Waals surface area contributed by atoms with Gasteiger partial charge in [0.15, 0.2) is 0 Å². The molecule has 1 heterocycles. The Morgan fingerprint density at radius 2 is 2.15 bits per heavy atom. The molecule has 3 unspecified atom stereocenters. The highest BCUT2D eigenvalue weighted by atomic mass is 16.6. The number of rotatable bonds is 6. The summed E-state index contributed by atoms with van der Waals surface area (Å²) in [4.78, 5) is 12.7. The fraction of sp³-hybridized carbons (Fsp3) is 0.545. The zero-order valence-electron chi connectivity index (χ0n) is 15.8. The van der Waals surface area contributed by atoms with Gasteiger partial charge in [-0.1, -0.05) is 50.3 Å². The first-order chi connectivity index (χ1) is 12.5. The molecule has 3 fully saturated rings. The van der Waals surface area contributed by atoms with E-state index in [0.717, 1.165) is 44.2 Å². The van der Waals surface area contributed by atoms with Crippen LogP contribution in [0, 0.1) is 11.3 Å². The predicted octanol–water partition coefficient (Wildman–Crippen LogP) is 4.95. The number of benzene rings is 1. The van der Waals surface area contributed by atoms with Gasteiger partial charge < -0.3 is 4.74 Å². The van der Waals surface area contributed by atoms with Gasteiger partial charge in [-0.3, -0.25) is 0 Å². The highest BCUT2D eigenvalue weighted by molar-refractivity contribution is 5.88. The molecule has 1 aliphatic heterocycles. The van der Waals surface area contributed by atoms with Crippen molar-refractivity contribution in [1.29, 1.82) is 0 Å². The molecule has 0 N–H and O–H groups in total. The Kier molecular flexibility index (Phi) is 4.17. The van der Waals surface area contributed by atoms with Crippen molar-refractivity contribution in [1.82, 2.24) is 5.01 Å². The first-order valence-corrected chi connectivity index (χ1v) is 9.71. The van der Waals surface area contributed by atoms with E-state index in [4.69, 9.17) is 9.84 Å². The van der Waals surface area contributed by atoms with Crippen molar-refractivity contribution in [2.75, 3.05) is 0 Å². The third-order valence-corrected chi connectivity index (χ3v) is 6.97. The minimum Gasteiger partial charge on any atom is -0.442 e. The van der Waals surface area contributed by atoms with Crippen molar-refractivity contribution in [2.24, 2.45) is 16.4 Å². The second-order valence-electron chi connectivity index (χ2n) is 8.46. The molecule has 138 valence electrons. The van der Waals surface area contributed by atoms with Gasteiger partial charge in [-0.15, -0.1) is 6.58 Å². The SMILES string of the molecule is C=CCC/C(Cc1ccccc1)=N\N1C(=O)OC2CC3CCC21C3(C)C. The third-order valence-electron chi connectivity index (χ3n) is 6.97. The van der Waals surface area contributed by atoms with Crippen molar-refractivity contribution in [3.8, 4) is 0 Å². The zero-order chi connectivity index (χ0) is 18.4. The fourth-order valence-electron chi connectivity index (χ4n) is 5.41. The lowest BCUT2D eigenvalue weighted by Crippen LogP contribution is -2.53. The summed E-state index contributed by atoms with van der Waals surface area (Å²) in [7, 11) is 0.